The highest BCUT2D eigenvalue weighted by molar-refractivity contribution is 7.90. The molecule has 0 amide bonds. The standard InChI is InChI=1S/C14H15NO4S2/c1-3-10-4-5-11(14(16)17)6-13(10)21(18,19)8-12-7-20-9(2)15-12/h4-7H,3,8H2,1-2H3,(H,16,17). The van der Waals surface area contributed by atoms with E-state index in [0.29, 0.717) is 17.7 Å². The van der Waals surface area contributed by atoms with Crippen molar-refractivity contribution >= 4 is 27.1 Å². The van der Waals surface area contributed by atoms with E-state index in [1.807, 2.05) is 13.8 Å². The third-order valence-corrected chi connectivity index (χ3v) is 5.58. The molecule has 1 heterocycles. The van der Waals surface area contributed by atoms with Gasteiger partial charge in [-0.15, -0.1) is 11.3 Å². The summed E-state index contributed by atoms with van der Waals surface area (Å²) < 4.78 is 25.1. The van der Waals surface area contributed by atoms with Gasteiger partial charge in [-0.05, 0) is 31.0 Å². The SMILES string of the molecule is CCc1ccc(C(=O)O)cc1S(=O)(=O)Cc1csc(C)n1. The molecule has 1 N–H and O–H groups in total. The van der Waals surface area contributed by atoms with Crippen LogP contribution in [-0.2, 0) is 22.0 Å². The molecule has 0 aliphatic carbocycles. The van der Waals surface area contributed by atoms with Gasteiger partial charge in [-0.1, -0.05) is 13.0 Å². The fourth-order valence-corrected chi connectivity index (χ4v) is 4.35. The largest absolute Gasteiger partial charge is 0.478 e. The Morgan fingerprint density at radius 1 is 1.38 bits per heavy atom. The first-order chi connectivity index (χ1) is 9.83. The minimum Gasteiger partial charge on any atom is -0.478 e. The van der Waals surface area contributed by atoms with Crippen LogP contribution in [0.3, 0.4) is 0 Å². The van der Waals surface area contributed by atoms with Crippen LogP contribution in [0.1, 0.15) is 33.5 Å². The number of nitrogens with zero attached hydrogens (tertiary/aromatic N) is 1. The van der Waals surface area contributed by atoms with Gasteiger partial charge in [-0.2, -0.15) is 0 Å². The molecule has 5 nitrogen and oxygen atoms in total. The van der Waals surface area contributed by atoms with Crippen molar-refractivity contribution in [1.82, 2.24) is 4.98 Å². The van der Waals surface area contributed by atoms with Crippen LogP contribution in [0.4, 0.5) is 0 Å². The minimum atomic E-state index is -3.62. The molecule has 0 bridgehead atoms. The van der Waals surface area contributed by atoms with Crippen LogP contribution in [0.25, 0.3) is 0 Å². The Bertz CT molecular complexity index is 778. The average Bonchev–Trinajstić information content (AvgIpc) is 2.82. The molecule has 0 unspecified atom stereocenters. The van der Waals surface area contributed by atoms with Crippen LogP contribution in [0.2, 0.25) is 0 Å². The van der Waals surface area contributed by atoms with Crippen molar-refractivity contribution in [3.05, 3.63) is 45.4 Å². The van der Waals surface area contributed by atoms with E-state index >= 15 is 0 Å². The van der Waals surface area contributed by atoms with Crippen LogP contribution in [0.15, 0.2) is 28.5 Å². The van der Waals surface area contributed by atoms with E-state index in [0.717, 1.165) is 5.01 Å². The third-order valence-electron chi connectivity index (χ3n) is 3.03. The number of rotatable bonds is 5. The van der Waals surface area contributed by atoms with Gasteiger partial charge in [-0.3, -0.25) is 0 Å². The second-order valence-electron chi connectivity index (χ2n) is 4.60. The molecule has 2 aromatic rings. The van der Waals surface area contributed by atoms with Crippen molar-refractivity contribution < 1.29 is 18.3 Å². The van der Waals surface area contributed by atoms with Crippen molar-refractivity contribution in [1.29, 1.82) is 0 Å². The van der Waals surface area contributed by atoms with Crippen molar-refractivity contribution in [2.75, 3.05) is 0 Å². The number of benzene rings is 1. The number of thiazole rings is 1. The molecule has 0 atom stereocenters. The molecule has 0 aliphatic rings. The Kier molecular flexibility index (Phi) is 4.43. The van der Waals surface area contributed by atoms with Gasteiger partial charge in [0.25, 0.3) is 0 Å². The summed E-state index contributed by atoms with van der Waals surface area (Å²) in [6.45, 7) is 3.64. The number of carbonyl (C=O) groups is 1. The van der Waals surface area contributed by atoms with E-state index < -0.39 is 15.8 Å². The van der Waals surface area contributed by atoms with Gasteiger partial charge in [0.1, 0.15) is 0 Å². The third kappa shape index (κ3) is 3.48. The Morgan fingerprint density at radius 2 is 2.10 bits per heavy atom. The van der Waals surface area contributed by atoms with Crippen molar-refractivity contribution in [2.24, 2.45) is 0 Å². The van der Waals surface area contributed by atoms with Gasteiger partial charge in [0, 0.05) is 5.38 Å². The number of hydrogen-bond acceptors (Lipinski definition) is 5. The molecule has 1 aromatic heterocycles. The fourth-order valence-electron chi connectivity index (χ4n) is 2.02. The molecule has 0 aliphatic heterocycles. The molecule has 0 fully saturated rings. The van der Waals surface area contributed by atoms with E-state index in [1.165, 1.54) is 23.5 Å². The highest BCUT2D eigenvalue weighted by Gasteiger charge is 2.21. The molecule has 0 radical (unpaired) electrons. The number of aromatic carboxylic acids is 1. The van der Waals surface area contributed by atoms with Crippen molar-refractivity contribution in [3.8, 4) is 0 Å². The Labute approximate surface area is 127 Å². The fraction of sp³-hybridized carbons (Fsp3) is 0.286. The second kappa shape index (κ2) is 5.95. The van der Waals surface area contributed by atoms with Crippen LogP contribution >= 0.6 is 11.3 Å². The first kappa shape index (κ1) is 15.7. The molecule has 1 aromatic carbocycles. The van der Waals surface area contributed by atoms with Crippen molar-refractivity contribution in [2.45, 2.75) is 30.9 Å². The van der Waals surface area contributed by atoms with Gasteiger partial charge >= 0.3 is 5.97 Å². The number of hydrogen-bond donors (Lipinski definition) is 1. The molecular weight excluding hydrogens is 310 g/mol. The summed E-state index contributed by atoms with van der Waals surface area (Å²) in [5.41, 5.74) is 1.08. The maximum absolute atomic E-state index is 12.5. The quantitative estimate of drug-likeness (QED) is 0.913. The van der Waals surface area contributed by atoms with E-state index in [2.05, 4.69) is 4.98 Å². The van der Waals surface area contributed by atoms with E-state index in [4.69, 9.17) is 5.11 Å². The number of aromatic nitrogens is 1. The topological polar surface area (TPSA) is 84.3 Å². The lowest BCUT2D eigenvalue weighted by molar-refractivity contribution is 0.0696. The molecule has 112 valence electrons. The van der Waals surface area contributed by atoms with E-state index in [1.54, 1.807) is 11.4 Å². The number of sulfone groups is 1. The average molecular weight is 325 g/mol. The predicted octanol–water partition coefficient (Wildman–Crippen LogP) is 2.69. The number of aryl methyl sites for hydroxylation is 2. The summed E-state index contributed by atoms with van der Waals surface area (Å²) in [5.74, 6) is -1.36. The number of carboxylic acid groups (broad SMARTS) is 1. The normalized spacial score (nSPS) is 11.5. The van der Waals surface area contributed by atoms with Gasteiger partial charge in [-0.25, -0.2) is 18.2 Å². The smallest absolute Gasteiger partial charge is 0.335 e. The summed E-state index contributed by atoms with van der Waals surface area (Å²) in [6, 6.07) is 4.21. The lowest BCUT2D eigenvalue weighted by Gasteiger charge is -2.09. The zero-order valence-corrected chi connectivity index (χ0v) is 13.3. The Hall–Kier alpha value is -1.73. The lowest BCUT2D eigenvalue weighted by Crippen LogP contribution is -2.10. The summed E-state index contributed by atoms with van der Waals surface area (Å²) in [5, 5.41) is 11.5. The monoisotopic (exact) mass is 325 g/mol. The van der Waals surface area contributed by atoms with Crippen molar-refractivity contribution in [3.63, 3.8) is 0 Å². The van der Waals surface area contributed by atoms with E-state index in [9.17, 15) is 13.2 Å². The zero-order chi connectivity index (χ0) is 15.6. The molecule has 0 saturated carbocycles. The molecule has 0 saturated heterocycles. The highest BCUT2D eigenvalue weighted by atomic mass is 32.2. The highest BCUT2D eigenvalue weighted by Crippen LogP contribution is 2.23. The molecule has 2 rings (SSSR count). The zero-order valence-electron chi connectivity index (χ0n) is 11.7. The molecule has 21 heavy (non-hydrogen) atoms. The van der Waals surface area contributed by atoms with Gasteiger partial charge < -0.3 is 5.11 Å². The van der Waals surface area contributed by atoms with E-state index in [-0.39, 0.29) is 16.2 Å². The van der Waals surface area contributed by atoms with Crippen LogP contribution < -0.4 is 0 Å². The van der Waals surface area contributed by atoms with Crippen LogP contribution in [0, 0.1) is 6.92 Å². The summed E-state index contributed by atoms with van der Waals surface area (Å²) in [7, 11) is -3.62. The minimum absolute atomic E-state index is 0.0276. The lowest BCUT2D eigenvalue weighted by atomic mass is 10.1. The summed E-state index contributed by atoms with van der Waals surface area (Å²) >= 11 is 1.39. The first-order valence-electron chi connectivity index (χ1n) is 6.33. The molecular formula is C14H15NO4S2. The predicted molar refractivity (Wildman–Crippen MR) is 80.5 cm³/mol. The van der Waals surface area contributed by atoms with Crippen LogP contribution in [-0.4, -0.2) is 24.5 Å². The maximum Gasteiger partial charge on any atom is 0.335 e. The van der Waals surface area contributed by atoms with Gasteiger partial charge in [0.05, 0.1) is 26.9 Å². The Balaban J connectivity index is 2.47. The maximum atomic E-state index is 12.5. The van der Waals surface area contributed by atoms with Gasteiger partial charge in [0.2, 0.25) is 0 Å². The van der Waals surface area contributed by atoms with Gasteiger partial charge in [0.15, 0.2) is 9.84 Å². The number of carboxylic acids is 1. The molecule has 0 spiro atoms. The first-order valence-corrected chi connectivity index (χ1v) is 8.86. The summed E-state index contributed by atoms with van der Waals surface area (Å²) in [6.07, 6.45) is 0.518. The Morgan fingerprint density at radius 3 is 2.62 bits per heavy atom. The summed E-state index contributed by atoms with van der Waals surface area (Å²) in [4.78, 5) is 15.3. The molecule has 7 heteroatoms. The van der Waals surface area contributed by atoms with Crippen LogP contribution in [0.5, 0.6) is 0 Å². The second-order valence-corrected chi connectivity index (χ2v) is 7.62.